The summed E-state index contributed by atoms with van der Waals surface area (Å²) < 4.78 is 28.1. The Morgan fingerprint density at radius 3 is 2.44 bits per heavy atom. The maximum Gasteiger partial charge on any atom is 0.251 e. The first-order valence-corrected chi connectivity index (χ1v) is 9.71. The van der Waals surface area contributed by atoms with Crippen LogP contribution >= 0.6 is 0 Å². The van der Waals surface area contributed by atoms with E-state index in [4.69, 9.17) is 0 Å². The van der Waals surface area contributed by atoms with Gasteiger partial charge in [-0.25, -0.2) is 13.1 Å². The van der Waals surface area contributed by atoms with Crippen molar-refractivity contribution >= 4 is 15.9 Å². The summed E-state index contributed by atoms with van der Waals surface area (Å²) in [5.74, 6) is -0.222. The first-order valence-electron chi connectivity index (χ1n) is 8.22. The third kappa shape index (κ3) is 5.14. The minimum atomic E-state index is -3.50. The summed E-state index contributed by atoms with van der Waals surface area (Å²) in [5.41, 5.74) is 2.51. The lowest BCUT2D eigenvalue weighted by molar-refractivity contribution is 0.0952. The van der Waals surface area contributed by atoms with Crippen LogP contribution in [0.3, 0.4) is 0 Å². The molecule has 0 atom stereocenters. The molecule has 2 aromatic rings. The summed E-state index contributed by atoms with van der Waals surface area (Å²) in [5, 5.41) is 7.21. The van der Waals surface area contributed by atoms with Gasteiger partial charge in [0.15, 0.2) is 0 Å². The van der Waals surface area contributed by atoms with Crippen molar-refractivity contribution in [3.05, 3.63) is 47.3 Å². The zero-order valence-electron chi connectivity index (χ0n) is 14.7. The average molecular weight is 364 g/mol. The maximum atomic E-state index is 12.1. The largest absolute Gasteiger partial charge is 0.352 e. The van der Waals surface area contributed by atoms with Crippen LogP contribution in [-0.4, -0.2) is 37.2 Å². The normalized spacial score (nSPS) is 11.5. The Balaban J connectivity index is 1.85. The lowest BCUT2D eigenvalue weighted by Crippen LogP contribution is -2.26. The molecule has 0 radical (unpaired) electrons. The molecule has 0 spiro atoms. The van der Waals surface area contributed by atoms with Crippen molar-refractivity contribution < 1.29 is 13.2 Å². The van der Waals surface area contributed by atoms with Crippen LogP contribution in [-0.2, 0) is 16.6 Å². The van der Waals surface area contributed by atoms with Gasteiger partial charge in [0.1, 0.15) is 0 Å². The van der Waals surface area contributed by atoms with Gasteiger partial charge in [0.25, 0.3) is 5.91 Å². The molecule has 0 saturated carbocycles. The Hall–Kier alpha value is -2.19. The highest BCUT2D eigenvalue weighted by Gasteiger charge is 2.13. The second kappa shape index (κ2) is 8.26. The van der Waals surface area contributed by atoms with E-state index in [1.165, 1.54) is 24.3 Å². The van der Waals surface area contributed by atoms with Crippen LogP contribution in [0.5, 0.6) is 0 Å². The van der Waals surface area contributed by atoms with E-state index >= 15 is 0 Å². The molecule has 8 heteroatoms. The number of hydrogen-bond donors (Lipinski definition) is 2. The van der Waals surface area contributed by atoms with Gasteiger partial charge in [-0.05, 0) is 50.6 Å². The van der Waals surface area contributed by atoms with Crippen molar-refractivity contribution in [3.63, 3.8) is 0 Å². The second-order valence-electron chi connectivity index (χ2n) is 5.79. The molecule has 0 aliphatic rings. The Labute approximate surface area is 148 Å². The van der Waals surface area contributed by atoms with Gasteiger partial charge < -0.3 is 5.32 Å². The molecule has 0 saturated heterocycles. The number of hydrogen-bond acceptors (Lipinski definition) is 4. The standard InChI is InChI=1S/C17H24N4O3S/c1-4-19-25(23,24)16-8-6-15(7-9-16)17(22)18-10-5-11-21-14(3)12-13(2)20-21/h6-9,12,19H,4-5,10-11H2,1-3H3,(H,18,22). The van der Waals surface area contributed by atoms with Crippen molar-refractivity contribution in [3.8, 4) is 0 Å². The number of carbonyl (C=O) groups is 1. The molecular formula is C17H24N4O3S. The lowest BCUT2D eigenvalue weighted by atomic mass is 10.2. The number of nitrogens with one attached hydrogen (secondary N) is 2. The fourth-order valence-corrected chi connectivity index (χ4v) is 3.53. The van der Waals surface area contributed by atoms with E-state index in [1.807, 2.05) is 24.6 Å². The number of aryl methyl sites for hydroxylation is 3. The molecular weight excluding hydrogens is 340 g/mol. The summed E-state index contributed by atoms with van der Waals surface area (Å²) in [6.45, 7) is 7.24. The van der Waals surface area contributed by atoms with Gasteiger partial charge >= 0.3 is 0 Å². The quantitative estimate of drug-likeness (QED) is 0.696. The van der Waals surface area contributed by atoms with Crippen LogP contribution in [0, 0.1) is 13.8 Å². The molecule has 0 aliphatic heterocycles. The maximum absolute atomic E-state index is 12.1. The van der Waals surface area contributed by atoms with Crippen molar-refractivity contribution in [1.82, 2.24) is 19.8 Å². The van der Waals surface area contributed by atoms with Gasteiger partial charge in [-0.2, -0.15) is 5.10 Å². The number of sulfonamides is 1. The van der Waals surface area contributed by atoms with Crippen molar-refractivity contribution in [1.29, 1.82) is 0 Å². The van der Waals surface area contributed by atoms with E-state index in [2.05, 4.69) is 15.1 Å². The number of aromatic nitrogens is 2. The first kappa shape index (κ1) is 19.1. The third-order valence-corrected chi connectivity index (χ3v) is 5.26. The average Bonchev–Trinajstić information content (AvgIpc) is 2.89. The monoisotopic (exact) mass is 364 g/mol. The summed E-state index contributed by atoms with van der Waals surface area (Å²) >= 11 is 0. The third-order valence-electron chi connectivity index (χ3n) is 3.70. The molecule has 0 unspecified atom stereocenters. The van der Waals surface area contributed by atoms with Crippen LogP contribution in [0.15, 0.2) is 35.2 Å². The van der Waals surface area contributed by atoms with Crippen LogP contribution in [0.25, 0.3) is 0 Å². The zero-order chi connectivity index (χ0) is 18.4. The molecule has 136 valence electrons. The van der Waals surface area contributed by atoms with E-state index in [9.17, 15) is 13.2 Å². The Kier molecular flexibility index (Phi) is 6.33. The number of carbonyl (C=O) groups excluding carboxylic acids is 1. The van der Waals surface area contributed by atoms with Gasteiger partial charge in [0, 0.05) is 30.9 Å². The second-order valence-corrected chi connectivity index (χ2v) is 7.55. The summed E-state index contributed by atoms with van der Waals surface area (Å²) in [6, 6.07) is 7.91. The molecule has 1 aromatic heterocycles. The molecule has 7 nitrogen and oxygen atoms in total. The summed E-state index contributed by atoms with van der Waals surface area (Å²) in [4.78, 5) is 12.3. The van der Waals surface area contributed by atoms with Gasteiger partial charge in [-0.15, -0.1) is 0 Å². The van der Waals surface area contributed by atoms with Crippen LogP contribution in [0.4, 0.5) is 0 Å². The van der Waals surface area contributed by atoms with Gasteiger partial charge in [0.05, 0.1) is 10.6 Å². The Morgan fingerprint density at radius 2 is 1.88 bits per heavy atom. The minimum absolute atomic E-state index is 0.149. The van der Waals surface area contributed by atoms with Crippen LogP contribution < -0.4 is 10.0 Å². The number of amides is 1. The molecule has 1 aromatic carbocycles. The van der Waals surface area contributed by atoms with Crippen molar-refractivity contribution in [2.24, 2.45) is 0 Å². The minimum Gasteiger partial charge on any atom is -0.352 e. The molecule has 0 aliphatic carbocycles. The van der Waals surface area contributed by atoms with Gasteiger partial charge in [-0.1, -0.05) is 6.92 Å². The number of rotatable bonds is 8. The zero-order valence-corrected chi connectivity index (χ0v) is 15.6. The highest BCUT2D eigenvalue weighted by molar-refractivity contribution is 7.89. The molecule has 1 amide bonds. The smallest absolute Gasteiger partial charge is 0.251 e. The highest BCUT2D eigenvalue weighted by atomic mass is 32.2. The van der Waals surface area contributed by atoms with Crippen LogP contribution in [0.2, 0.25) is 0 Å². The van der Waals surface area contributed by atoms with E-state index in [0.717, 1.165) is 24.4 Å². The van der Waals surface area contributed by atoms with E-state index in [0.29, 0.717) is 18.7 Å². The van der Waals surface area contributed by atoms with Crippen LogP contribution in [0.1, 0.15) is 35.1 Å². The van der Waals surface area contributed by atoms with E-state index in [-0.39, 0.29) is 10.8 Å². The Bertz CT molecular complexity index is 826. The Morgan fingerprint density at radius 1 is 1.20 bits per heavy atom. The fourth-order valence-electron chi connectivity index (χ4n) is 2.49. The van der Waals surface area contributed by atoms with Gasteiger partial charge in [0.2, 0.25) is 10.0 Å². The summed E-state index contributed by atoms with van der Waals surface area (Å²) in [6.07, 6.45) is 0.764. The van der Waals surface area contributed by atoms with E-state index in [1.54, 1.807) is 6.92 Å². The highest BCUT2D eigenvalue weighted by Crippen LogP contribution is 2.10. The molecule has 1 heterocycles. The predicted octanol–water partition coefficient (Wildman–Crippen LogP) is 1.62. The SMILES string of the molecule is CCNS(=O)(=O)c1ccc(C(=O)NCCCn2nc(C)cc2C)cc1. The first-order chi connectivity index (χ1) is 11.8. The van der Waals surface area contributed by atoms with Crippen molar-refractivity contribution in [2.45, 2.75) is 38.6 Å². The molecule has 25 heavy (non-hydrogen) atoms. The molecule has 2 N–H and O–H groups in total. The number of nitrogens with zero attached hydrogens (tertiary/aromatic N) is 2. The fraction of sp³-hybridized carbons (Fsp3) is 0.412. The molecule has 0 fully saturated rings. The lowest BCUT2D eigenvalue weighted by Gasteiger charge is -2.08. The molecule has 2 rings (SSSR count). The number of benzene rings is 1. The van der Waals surface area contributed by atoms with Crippen molar-refractivity contribution in [2.75, 3.05) is 13.1 Å². The van der Waals surface area contributed by atoms with E-state index < -0.39 is 10.0 Å². The summed E-state index contributed by atoms with van der Waals surface area (Å²) in [7, 11) is -3.50. The molecule has 0 bridgehead atoms. The van der Waals surface area contributed by atoms with Gasteiger partial charge in [-0.3, -0.25) is 9.48 Å². The topological polar surface area (TPSA) is 93.1 Å². The predicted molar refractivity (Wildman–Crippen MR) is 96.0 cm³/mol.